The average molecular weight is 410 g/mol. The Hall–Kier alpha value is -2.31. The normalized spacial score (nSPS) is 14.1. The van der Waals surface area contributed by atoms with Gasteiger partial charge < -0.3 is 24.6 Å². The molecule has 1 aliphatic rings. The fraction of sp³-hybridized carbons (Fsp3) is 0.316. The van der Waals surface area contributed by atoms with Crippen molar-refractivity contribution in [2.75, 3.05) is 50.6 Å². The molecule has 2 aromatic rings. The molecular weight excluding hydrogens is 389 g/mol. The monoisotopic (exact) mass is 409 g/mol. The summed E-state index contributed by atoms with van der Waals surface area (Å²) >= 11 is 12.1. The van der Waals surface area contributed by atoms with Crippen molar-refractivity contribution in [2.45, 2.75) is 0 Å². The molecule has 1 saturated heterocycles. The Bertz CT molecular complexity index is 824. The predicted octanol–water partition coefficient (Wildman–Crippen LogP) is 4.36. The molecule has 2 amide bonds. The third-order valence-corrected chi connectivity index (χ3v) is 5.22. The number of piperazine rings is 1. The summed E-state index contributed by atoms with van der Waals surface area (Å²) in [7, 11) is 3.14. The minimum Gasteiger partial charge on any atom is -0.497 e. The number of halogens is 2. The maximum Gasteiger partial charge on any atom is 0.322 e. The van der Waals surface area contributed by atoms with Gasteiger partial charge in [0.05, 0.1) is 30.0 Å². The second-order valence-electron chi connectivity index (χ2n) is 6.07. The lowest BCUT2D eigenvalue weighted by Gasteiger charge is -2.36. The maximum absolute atomic E-state index is 12.6. The number of carbonyl (C=O) groups excluding carboxylic acids is 1. The molecule has 0 aromatic heterocycles. The molecule has 8 heteroatoms. The molecule has 1 heterocycles. The standard InChI is InChI=1S/C19H21Cl2N3O3/c1-26-14-4-6-17(18(12-14)27-2)22-19(25)24-9-7-23(8-10-24)13-3-5-15(20)16(21)11-13/h3-6,11-12H,7-10H2,1-2H3,(H,22,25). The van der Waals surface area contributed by atoms with Crippen LogP contribution < -0.4 is 19.7 Å². The number of rotatable bonds is 4. The van der Waals surface area contributed by atoms with Gasteiger partial charge in [0.15, 0.2) is 0 Å². The summed E-state index contributed by atoms with van der Waals surface area (Å²) in [6.45, 7) is 2.63. The molecule has 144 valence electrons. The summed E-state index contributed by atoms with van der Waals surface area (Å²) in [5.41, 5.74) is 1.61. The predicted molar refractivity (Wildman–Crippen MR) is 109 cm³/mol. The van der Waals surface area contributed by atoms with E-state index in [1.165, 1.54) is 0 Å². The molecular formula is C19H21Cl2N3O3. The Morgan fingerprint density at radius 1 is 0.963 bits per heavy atom. The van der Waals surface area contributed by atoms with E-state index < -0.39 is 0 Å². The Morgan fingerprint density at radius 3 is 2.33 bits per heavy atom. The minimum atomic E-state index is -0.160. The van der Waals surface area contributed by atoms with Crippen molar-refractivity contribution in [1.29, 1.82) is 0 Å². The van der Waals surface area contributed by atoms with Gasteiger partial charge in [0, 0.05) is 37.9 Å². The number of nitrogens with zero attached hydrogens (tertiary/aromatic N) is 2. The van der Waals surface area contributed by atoms with Crippen LogP contribution in [0.15, 0.2) is 36.4 Å². The first kappa shape index (κ1) is 19.5. The highest BCUT2D eigenvalue weighted by Gasteiger charge is 2.22. The molecule has 1 aliphatic heterocycles. The molecule has 1 N–H and O–H groups in total. The van der Waals surface area contributed by atoms with Gasteiger partial charge in [-0.1, -0.05) is 23.2 Å². The van der Waals surface area contributed by atoms with Gasteiger partial charge in [0.25, 0.3) is 0 Å². The SMILES string of the molecule is COc1ccc(NC(=O)N2CCN(c3ccc(Cl)c(Cl)c3)CC2)c(OC)c1. The van der Waals surface area contributed by atoms with Crippen molar-refractivity contribution >= 4 is 40.6 Å². The second kappa shape index (κ2) is 8.59. The number of methoxy groups -OCH3 is 2. The highest BCUT2D eigenvalue weighted by molar-refractivity contribution is 6.42. The van der Waals surface area contributed by atoms with E-state index in [9.17, 15) is 4.79 Å². The van der Waals surface area contributed by atoms with Crippen molar-refractivity contribution in [2.24, 2.45) is 0 Å². The summed E-state index contributed by atoms with van der Waals surface area (Å²) in [4.78, 5) is 16.6. The molecule has 0 bridgehead atoms. The first-order chi connectivity index (χ1) is 13.0. The maximum atomic E-state index is 12.6. The van der Waals surface area contributed by atoms with Crippen LogP contribution >= 0.6 is 23.2 Å². The zero-order valence-electron chi connectivity index (χ0n) is 15.2. The number of ether oxygens (including phenoxy) is 2. The minimum absolute atomic E-state index is 0.160. The molecule has 0 saturated carbocycles. The molecule has 6 nitrogen and oxygen atoms in total. The average Bonchev–Trinajstić information content (AvgIpc) is 2.70. The smallest absolute Gasteiger partial charge is 0.322 e. The van der Waals surface area contributed by atoms with E-state index in [1.54, 1.807) is 43.4 Å². The zero-order chi connectivity index (χ0) is 19.4. The molecule has 3 rings (SSSR count). The summed E-state index contributed by atoms with van der Waals surface area (Å²) < 4.78 is 10.5. The van der Waals surface area contributed by atoms with Crippen molar-refractivity contribution in [3.8, 4) is 11.5 Å². The van der Waals surface area contributed by atoms with Crippen LogP contribution in [0.3, 0.4) is 0 Å². The van der Waals surface area contributed by atoms with Gasteiger partial charge in [0.2, 0.25) is 0 Å². The lowest BCUT2D eigenvalue weighted by molar-refractivity contribution is 0.208. The number of urea groups is 1. The zero-order valence-corrected chi connectivity index (χ0v) is 16.7. The number of hydrogen-bond donors (Lipinski definition) is 1. The molecule has 0 unspecified atom stereocenters. The van der Waals surface area contributed by atoms with Gasteiger partial charge >= 0.3 is 6.03 Å². The van der Waals surface area contributed by atoms with Crippen molar-refractivity contribution < 1.29 is 14.3 Å². The molecule has 0 radical (unpaired) electrons. The lowest BCUT2D eigenvalue weighted by Crippen LogP contribution is -2.50. The quantitative estimate of drug-likeness (QED) is 0.814. The van der Waals surface area contributed by atoms with Crippen LogP contribution in [0.5, 0.6) is 11.5 Å². The van der Waals surface area contributed by atoms with Crippen molar-refractivity contribution in [1.82, 2.24) is 4.90 Å². The van der Waals surface area contributed by atoms with E-state index in [0.29, 0.717) is 53.4 Å². The Balaban J connectivity index is 1.61. The molecule has 0 spiro atoms. The van der Waals surface area contributed by atoms with Crippen molar-refractivity contribution in [3.63, 3.8) is 0 Å². The van der Waals surface area contributed by atoms with Crippen LogP contribution in [0.4, 0.5) is 16.2 Å². The number of nitrogens with one attached hydrogen (secondary N) is 1. The Kier molecular flexibility index (Phi) is 6.19. The number of anilines is 2. The Morgan fingerprint density at radius 2 is 1.70 bits per heavy atom. The Labute approximate surface area is 168 Å². The van der Waals surface area contributed by atoms with Gasteiger partial charge in [-0.15, -0.1) is 0 Å². The fourth-order valence-corrected chi connectivity index (χ4v) is 3.24. The molecule has 0 atom stereocenters. The van der Waals surface area contributed by atoms with Gasteiger partial charge in [-0.3, -0.25) is 0 Å². The van der Waals surface area contributed by atoms with Gasteiger partial charge in [-0.2, -0.15) is 0 Å². The summed E-state index contributed by atoms with van der Waals surface area (Å²) in [5.74, 6) is 1.22. The van der Waals surface area contributed by atoms with Crippen molar-refractivity contribution in [3.05, 3.63) is 46.4 Å². The number of amides is 2. The summed E-state index contributed by atoms with van der Waals surface area (Å²) in [6, 6.07) is 10.7. The van der Waals surface area contributed by atoms with E-state index in [-0.39, 0.29) is 6.03 Å². The van der Waals surface area contributed by atoms with E-state index in [2.05, 4.69) is 10.2 Å². The molecule has 2 aromatic carbocycles. The first-order valence-electron chi connectivity index (χ1n) is 8.50. The van der Waals surface area contributed by atoms with Crippen LogP contribution in [0, 0.1) is 0 Å². The topological polar surface area (TPSA) is 54.0 Å². The largest absolute Gasteiger partial charge is 0.497 e. The van der Waals surface area contributed by atoms with E-state index in [1.807, 2.05) is 12.1 Å². The molecule has 1 fully saturated rings. The third kappa shape index (κ3) is 4.51. The van der Waals surface area contributed by atoms with E-state index in [4.69, 9.17) is 32.7 Å². The van der Waals surface area contributed by atoms with Crippen LogP contribution in [-0.2, 0) is 0 Å². The second-order valence-corrected chi connectivity index (χ2v) is 6.88. The van der Waals surface area contributed by atoms with Crippen LogP contribution in [0.25, 0.3) is 0 Å². The van der Waals surface area contributed by atoms with Crippen LogP contribution in [0.1, 0.15) is 0 Å². The number of hydrogen-bond acceptors (Lipinski definition) is 4. The van der Waals surface area contributed by atoms with E-state index >= 15 is 0 Å². The summed E-state index contributed by atoms with van der Waals surface area (Å²) in [5, 5.41) is 3.97. The fourth-order valence-electron chi connectivity index (χ4n) is 2.95. The number of carbonyl (C=O) groups is 1. The van der Waals surface area contributed by atoms with Gasteiger partial charge in [0.1, 0.15) is 11.5 Å². The molecule has 27 heavy (non-hydrogen) atoms. The summed E-state index contributed by atoms with van der Waals surface area (Å²) in [6.07, 6.45) is 0. The van der Waals surface area contributed by atoms with E-state index in [0.717, 1.165) is 5.69 Å². The van der Waals surface area contributed by atoms with Gasteiger partial charge in [-0.05, 0) is 30.3 Å². The molecule has 0 aliphatic carbocycles. The first-order valence-corrected chi connectivity index (χ1v) is 9.25. The lowest BCUT2D eigenvalue weighted by atomic mass is 10.2. The van der Waals surface area contributed by atoms with Crippen LogP contribution in [0.2, 0.25) is 10.0 Å². The highest BCUT2D eigenvalue weighted by Crippen LogP contribution is 2.30. The number of benzene rings is 2. The van der Waals surface area contributed by atoms with Crippen LogP contribution in [-0.4, -0.2) is 51.3 Å². The highest BCUT2D eigenvalue weighted by atomic mass is 35.5. The third-order valence-electron chi connectivity index (χ3n) is 4.49. The van der Waals surface area contributed by atoms with Gasteiger partial charge in [-0.25, -0.2) is 4.79 Å².